The molecule has 1 aliphatic rings. The van der Waals surface area contributed by atoms with E-state index in [1.54, 1.807) is 24.3 Å². The van der Waals surface area contributed by atoms with Gasteiger partial charge in [-0.05, 0) is 43.0 Å². The topological polar surface area (TPSA) is 75.3 Å². The van der Waals surface area contributed by atoms with E-state index in [4.69, 9.17) is 11.6 Å². The second-order valence-corrected chi connectivity index (χ2v) is 8.65. The van der Waals surface area contributed by atoms with Crippen molar-refractivity contribution in [1.82, 2.24) is 10.0 Å². The number of hydrogen-bond donors (Lipinski definition) is 2. The third-order valence-electron chi connectivity index (χ3n) is 4.48. The third kappa shape index (κ3) is 4.44. The van der Waals surface area contributed by atoms with E-state index < -0.39 is 10.0 Å². The number of carbonyl (C=O) groups excluding carboxylic acids is 1. The quantitative estimate of drug-likeness (QED) is 0.711. The molecule has 26 heavy (non-hydrogen) atoms. The summed E-state index contributed by atoms with van der Waals surface area (Å²) in [4.78, 5) is 12.4. The standard InChI is InChI=1S/C19H21ClN2O3S/c1-13-6-8-14(9-7-13)26(24,25)22-11-10-21-19(23)17-12-16(17)15-4-2-3-5-18(15)20/h2-9,16-17,22H,10-12H2,1H3,(H,21,23). The Labute approximate surface area is 158 Å². The van der Waals surface area contributed by atoms with Crippen molar-refractivity contribution < 1.29 is 13.2 Å². The van der Waals surface area contributed by atoms with Gasteiger partial charge in [-0.1, -0.05) is 47.5 Å². The summed E-state index contributed by atoms with van der Waals surface area (Å²) in [7, 11) is -3.56. The number of carbonyl (C=O) groups is 1. The average molecular weight is 393 g/mol. The zero-order valence-electron chi connectivity index (χ0n) is 14.4. The SMILES string of the molecule is Cc1ccc(S(=O)(=O)NCCNC(=O)C2CC2c2ccccc2Cl)cc1. The minimum Gasteiger partial charge on any atom is -0.355 e. The Morgan fingerprint density at radius 3 is 2.50 bits per heavy atom. The van der Waals surface area contributed by atoms with Gasteiger partial charge in [0.15, 0.2) is 0 Å². The summed E-state index contributed by atoms with van der Waals surface area (Å²) in [5.74, 6) is -0.0130. The van der Waals surface area contributed by atoms with Crippen LogP contribution in [0.1, 0.15) is 23.5 Å². The summed E-state index contributed by atoms with van der Waals surface area (Å²) >= 11 is 6.17. The van der Waals surface area contributed by atoms with Gasteiger partial charge in [-0.15, -0.1) is 0 Å². The minimum atomic E-state index is -3.56. The van der Waals surface area contributed by atoms with Crippen molar-refractivity contribution in [2.24, 2.45) is 5.92 Å². The van der Waals surface area contributed by atoms with Gasteiger partial charge in [-0.2, -0.15) is 0 Å². The number of nitrogens with one attached hydrogen (secondary N) is 2. The largest absolute Gasteiger partial charge is 0.355 e. The second kappa shape index (κ2) is 7.78. The Morgan fingerprint density at radius 2 is 1.81 bits per heavy atom. The Hall–Kier alpha value is -1.89. The van der Waals surface area contributed by atoms with E-state index in [1.165, 1.54) is 0 Å². The van der Waals surface area contributed by atoms with Gasteiger partial charge in [0.25, 0.3) is 0 Å². The molecular weight excluding hydrogens is 372 g/mol. The maximum Gasteiger partial charge on any atom is 0.240 e. The molecule has 2 aromatic carbocycles. The predicted molar refractivity (Wildman–Crippen MR) is 102 cm³/mol. The molecule has 5 nitrogen and oxygen atoms in total. The molecule has 2 unspecified atom stereocenters. The molecule has 2 atom stereocenters. The van der Waals surface area contributed by atoms with Gasteiger partial charge in [0.05, 0.1) is 4.90 Å². The predicted octanol–water partition coefficient (Wildman–Crippen LogP) is 2.85. The van der Waals surface area contributed by atoms with E-state index in [0.29, 0.717) is 5.02 Å². The Morgan fingerprint density at radius 1 is 1.12 bits per heavy atom. The summed E-state index contributed by atoms with van der Waals surface area (Å²) < 4.78 is 26.8. The molecule has 0 aliphatic heterocycles. The van der Waals surface area contributed by atoms with Crippen LogP contribution in [0.3, 0.4) is 0 Å². The fraction of sp³-hybridized carbons (Fsp3) is 0.316. The number of aryl methyl sites for hydroxylation is 1. The highest BCUT2D eigenvalue weighted by molar-refractivity contribution is 7.89. The zero-order chi connectivity index (χ0) is 18.7. The van der Waals surface area contributed by atoms with E-state index in [0.717, 1.165) is 17.5 Å². The van der Waals surface area contributed by atoms with E-state index in [-0.39, 0.29) is 35.7 Å². The molecule has 0 radical (unpaired) electrons. The van der Waals surface area contributed by atoms with Crippen LogP contribution >= 0.6 is 11.6 Å². The average Bonchev–Trinajstić information content (AvgIpc) is 3.40. The van der Waals surface area contributed by atoms with Gasteiger partial charge in [0.1, 0.15) is 0 Å². The number of sulfonamides is 1. The Kier molecular flexibility index (Phi) is 5.65. The highest BCUT2D eigenvalue weighted by Gasteiger charge is 2.44. The van der Waals surface area contributed by atoms with Gasteiger partial charge in [-0.3, -0.25) is 4.79 Å². The molecule has 3 rings (SSSR count). The summed E-state index contributed by atoms with van der Waals surface area (Å²) in [5, 5.41) is 3.47. The molecule has 2 aromatic rings. The summed E-state index contributed by atoms with van der Waals surface area (Å²) in [6, 6.07) is 14.2. The van der Waals surface area contributed by atoms with Gasteiger partial charge in [-0.25, -0.2) is 13.1 Å². The molecule has 2 N–H and O–H groups in total. The zero-order valence-corrected chi connectivity index (χ0v) is 16.0. The first kappa shape index (κ1) is 18.9. The summed E-state index contributed by atoms with van der Waals surface area (Å²) in [5.41, 5.74) is 1.99. The van der Waals surface area contributed by atoms with Crippen LogP contribution < -0.4 is 10.0 Å². The van der Waals surface area contributed by atoms with Crippen molar-refractivity contribution in [3.8, 4) is 0 Å². The molecule has 1 fully saturated rings. The van der Waals surface area contributed by atoms with E-state index >= 15 is 0 Å². The lowest BCUT2D eigenvalue weighted by molar-refractivity contribution is -0.122. The van der Waals surface area contributed by atoms with Gasteiger partial charge < -0.3 is 5.32 Å². The monoisotopic (exact) mass is 392 g/mol. The molecule has 0 bridgehead atoms. The first-order chi connectivity index (χ1) is 12.4. The van der Waals surface area contributed by atoms with Crippen molar-refractivity contribution in [2.75, 3.05) is 13.1 Å². The lowest BCUT2D eigenvalue weighted by Gasteiger charge is -2.08. The first-order valence-electron chi connectivity index (χ1n) is 8.47. The first-order valence-corrected chi connectivity index (χ1v) is 10.3. The number of rotatable bonds is 7. The fourth-order valence-electron chi connectivity index (χ4n) is 2.91. The highest BCUT2D eigenvalue weighted by Crippen LogP contribution is 2.49. The minimum absolute atomic E-state index is 0.0653. The van der Waals surface area contributed by atoms with Crippen LogP contribution in [0.4, 0.5) is 0 Å². The van der Waals surface area contributed by atoms with Crippen LogP contribution in [-0.4, -0.2) is 27.4 Å². The molecule has 1 aliphatic carbocycles. The van der Waals surface area contributed by atoms with E-state index in [9.17, 15) is 13.2 Å². The molecule has 0 saturated heterocycles. The van der Waals surface area contributed by atoms with Gasteiger partial charge in [0.2, 0.25) is 15.9 Å². The summed E-state index contributed by atoms with van der Waals surface area (Å²) in [6.45, 7) is 2.29. The highest BCUT2D eigenvalue weighted by atomic mass is 35.5. The van der Waals surface area contributed by atoms with Gasteiger partial charge in [0, 0.05) is 24.0 Å². The van der Waals surface area contributed by atoms with Crippen molar-refractivity contribution in [3.63, 3.8) is 0 Å². The van der Waals surface area contributed by atoms with E-state index in [1.807, 2.05) is 31.2 Å². The Balaban J connectivity index is 1.45. The van der Waals surface area contributed by atoms with Crippen LogP contribution in [0, 0.1) is 12.8 Å². The normalized spacial score (nSPS) is 19.2. The lowest BCUT2D eigenvalue weighted by Crippen LogP contribution is -2.35. The van der Waals surface area contributed by atoms with Crippen LogP contribution in [0.15, 0.2) is 53.4 Å². The second-order valence-electron chi connectivity index (χ2n) is 6.47. The van der Waals surface area contributed by atoms with Crippen molar-refractivity contribution in [2.45, 2.75) is 24.2 Å². The molecule has 0 spiro atoms. The van der Waals surface area contributed by atoms with Crippen molar-refractivity contribution >= 4 is 27.5 Å². The van der Waals surface area contributed by atoms with Crippen molar-refractivity contribution in [3.05, 3.63) is 64.7 Å². The molecular formula is C19H21ClN2O3S. The molecule has 1 saturated carbocycles. The summed E-state index contributed by atoms with van der Waals surface area (Å²) in [6.07, 6.45) is 0.769. The van der Waals surface area contributed by atoms with Crippen molar-refractivity contribution in [1.29, 1.82) is 0 Å². The van der Waals surface area contributed by atoms with Crippen LogP contribution in [-0.2, 0) is 14.8 Å². The maximum atomic E-state index is 12.2. The smallest absolute Gasteiger partial charge is 0.240 e. The maximum absolute atomic E-state index is 12.2. The van der Waals surface area contributed by atoms with Crippen LogP contribution in [0.5, 0.6) is 0 Å². The fourth-order valence-corrected chi connectivity index (χ4v) is 4.21. The number of amides is 1. The Bertz CT molecular complexity index is 897. The van der Waals surface area contributed by atoms with Crippen LogP contribution in [0.2, 0.25) is 5.02 Å². The van der Waals surface area contributed by atoms with E-state index in [2.05, 4.69) is 10.0 Å². The van der Waals surface area contributed by atoms with Crippen LogP contribution in [0.25, 0.3) is 0 Å². The number of benzene rings is 2. The molecule has 0 aromatic heterocycles. The number of halogens is 1. The molecule has 1 amide bonds. The molecule has 0 heterocycles. The molecule has 7 heteroatoms. The third-order valence-corrected chi connectivity index (χ3v) is 6.30. The number of hydrogen-bond acceptors (Lipinski definition) is 3. The molecule has 138 valence electrons. The lowest BCUT2D eigenvalue weighted by atomic mass is 10.1. The van der Waals surface area contributed by atoms with Gasteiger partial charge >= 0.3 is 0 Å².